The lowest BCUT2D eigenvalue weighted by Crippen LogP contribution is -2.13. The molecule has 0 saturated carbocycles. The number of nitrogens with zero attached hydrogens (tertiary/aromatic N) is 2. The molecule has 0 aliphatic rings. The monoisotopic (exact) mass is 277 g/mol. The second-order valence-corrected chi connectivity index (χ2v) is 4.37. The Kier molecular flexibility index (Phi) is 3.25. The number of aromatic nitrogens is 2. The summed E-state index contributed by atoms with van der Waals surface area (Å²) in [6.07, 6.45) is -1.42. The molecule has 2 aromatic rings. The fourth-order valence-corrected chi connectivity index (χ4v) is 1.96. The van der Waals surface area contributed by atoms with Crippen molar-refractivity contribution < 1.29 is 13.2 Å². The fraction of sp³-hybridized carbons (Fsp3) is 0.364. The van der Waals surface area contributed by atoms with Crippen molar-refractivity contribution in [1.29, 1.82) is 0 Å². The summed E-state index contributed by atoms with van der Waals surface area (Å²) in [7, 11) is 0. The maximum Gasteiger partial charge on any atom is 0.417 e. The van der Waals surface area contributed by atoms with Crippen LogP contribution in [0.5, 0.6) is 0 Å². The summed E-state index contributed by atoms with van der Waals surface area (Å²) < 4.78 is 39.4. The van der Waals surface area contributed by atoms with Crippen molar-refractivity contribution in [1.82, 2.24) is 9.38 Å². The van der Waals surface area contributed by atoms with E-state index in [0.29, 0.717) is 12.1 Å². The van der Waals surface area contributed by atoms with Gasteiger partial charge in [-0.05, 0) is 12.5 Å². The van der Waals surface area contributed by atoms with E-state index in [1.54, 1.807) is 0 Å². The van der Waals surface area contributed by atoms with Gasteiger partial charge in [-0.3, -0.25) is 0 Å². The molecule has 2 heterocycles. The predicted molar refractivity (Wildman–Crippen MR) is 62.4 cm³/mol. The lowest BCUT2D eigenvalue weighted by molar-refractivity contribution is -0.137. The first-order chi connectivity index (χ1) is 8.34. The fourth-order valence-electron chi connectivity index (χ4n) is 1.70. The number of fused-ring (bicyclic) bond motifs is 1. The largest absolute Gasteiger partial charge is 0.417 e. The molecular weight excluding hydrogens is 267 g/mol. The van der Waals surface area contributed by atoms with E-state index < -0.39 is 11.7 Å². The first-order valence-electron chi connectivity index (χ1n) is 5.34. The minimum absolute atomic E-state index is 0.0422. The highest BCUT2D eigenvalue weighted by atomic mass is 35.5. The Morgan fingerprint density at radius 1 is 1.50 bits per heavy atom. The molecule has 7 heteroatoms. The topological polar surface area (TPSA) is 43.3 Å². The Hall–Kier alpha value is -1.27. The van der Waals surface area contributed by atoms with E-state index in [2.05, 4.69) is 4.98 Å². The van der Waals surface area contributed by atoms with Gasteiger partial charge >= 0.3 is 6.18 Å². The van der Waals surface area contributed by atoms with Gasteiger partial charge in [0.15, 0.2) is 5.65 Å². The summed E-state index contributed by atoms with van der Waals surface area (Å²) >= 11 is 5.81. The number of hydrogen-bond acceptors (Lipinski definition) is 2. The summed E-state index contributed by atoms with van der Waals surface area (Å²) in [5.74, 6) is 0. The Morgan fingerprint density at radius 2 is 2.17 bits per heavy atom. The molecule has 0 spiro atoms. The van der Waals surface area contributed by atoms with Crippen LogP contribution in [-0.2, 0) is 6.18 Å². The number of rotatable bonds is 2. The molecule has 2 aromatic heterocycles. The molecule has 98 valence electrons. The number of halogens is 4. The average Bonchev–Trinajstić information content (AvgIpc) is 2.71. The maximum absolute atomic E-state index is 12.7. The van der Waals surface area contributed by atoms with Crippen LogP contribution in [0.1, 0.15) is 30.6 Å². The van der Waals surface area contributed by atoms with Crippen LogP contribution in [0.25, 0.3) is 5.65 Å². The van der Waals surface area contributed by atoms with Gasteiger partial charge in [-0.15, -0.1) is 0 Å². The number of hydrogen-bond donors (Lipinski definition) is 1. The summed E-state index contributed by atoms with van der Waals surface area (Å²) in [6, 6.07) is 0.491. The van der Waals surface area contributed by atoms with Gasteiger partial charge in [0, 0.05) is 12.2 Å². The van der Waals surface area contributed by atoms with Crippen molar-refractivity contribution in [2.24, 2.45) is 5.73 Å². The summed E-state index contributed by atoms with van der Waals surface area (Å²) in [4.78, 5) is 3.99. The molecule has 0 aliphatic carbocycles. The summed E-state index contributed by atoms with van der Waals surface area (Å²) in [6.45, 7) is 1.85. The van der Waals surface area contributed by atoms with Crippen LogP contribution in [0.2, 0.25) is 5.02 Å². The normalized spacial score (nSPS) is 14.1. The van der Waals surface area contributed by atoms with Crippen molar-refractivity contribution in [3.8, 4) is 0 Å². The second-order valence-electron chi connectivity index (χ2n) is 3.97. The van der Waals surface area contributed by atoms with E-state index in [1.165, 1.54) is 10.6 Å². The van der Waals surface area contributed by atoms with Crippen LogP contribution in [0.15, 0.2) is 18.5 Å². The molecule has 2 rings (SSSR count). The highest BCUT2D eigenvalue weighted by molar-refractivity contribution is 6.33. The number of nitrogens with two attached hydrogens (primary N) is 1. The average molecular weight is 278 g/mol. The third-order valence-electron chi connectivity index (χ3n) is 2.74. The van der Waals surface area contributed by atoms with Crippen molar-refractivity contribution >= 4 is 17.2 Å². The smallest absolute Gasteiger partial charge is 0.323 e. The van der Waals surface area contributed by atoms with E-state index in [1.807, 2.05) is 6.92 Å². The summed E-state index contributed by atoms with van der Waals surface area (Å²) in [5, 5.41) is -0.0422. The highest BCUT2D eigenvalue weighted by Crippen LogP contribution is 2.33. The van der Waals surface area contributed by atoms with Gasteiger partial charge in [-0.25, -0.2) is 4.98 Å². The van der Waals surface area contributed by atoms with Crippen molar-refractivity contribution in [3.05, 3.63) is 34.7 Å². The molecule has 0 aliphatic heterocycles. The number of pyridine rings is 1. The molecule has 3 nitrogen and oxygen atoms in total. The zero-order chi connectivity index (χ0) is 13.5. The Bertz CT molecular complexity index is 577. The van der Waals surface area contributed by atoms with Crippen molar-refractivity contribution in [2.45, 2.75) is 25.6 Å². The van der Waals surface area contributed by atoms with E-state index in [4.69, 9.17) is 17.3 Å². The summed E-state index contributed by atoms with van der Waals surface area (Å²) in [5.41, 5.74) is 5.81. The number of imidazole rings is 1. The van der Waals surface area contributed by atoms with E-state index in [-0.39, 0.29) is 16.7 Å². The van der Waals surface area contributed by atoms with Crippen LogP contribution < -0.4 is 5.73 Å². The van der Waals surface area contributed by atoms with Crippen LogP contribution in [-0.4, -0.2) is 9.38 Å². The van der Waals surface area contributed by atoms with Crippen molar-refractivity contribution in [3.63, 3.8) is 0 Å². The SMILES string of the molecule is CCC(N)c1cnc2c(Cl)cc(C(F)(F)F)cn12. The van der Waals surface area contributed by atoms with Crippen LogP contribution in [0.4, 0.5) is 13.2 Å². The van der Waals surface area contributed by atoms with Gasteiger partial charge in [-0.1, -0.05) is 18.5 Å². The van der Waals surface area contributed by atoms with Gasteiger partial charge in [0.2, 0.25) is 0 Å². The Balaban J connectivity index is 2.68. The Labute approximate surface area is 106 Å². The molecule has 0 amide bonds. The van der Waals surface area contributed by atoms with E-state index in [9.17, 15) is 13.2 Å². The quantitative estimate of drug-likeness (QED) is 0.914. The minimum Gasteiger partial charge on any atom is -0.323 e. The molecule has 2 N–H and O–H groups in total. The molecule has 1 atom stereocenters. The first-order valence-corrected chi connectivity index (χ1v) is 5.71. The highest BCUT2D eigenvalue weighted by Gasteiger charge is 2.32. The van der Waals surface area contributed by atoms with Gasteiger partial charge in [0.05, 0.1) is 22.5 Å². The molecule has 18 heavy (non-hydrogen) atoms. The van der Waals surface area contributed by atoms with Crippen LogP contribution >= 0.6 is 11.6 Å². The van der Waals surface area contributed by atoms with E-state index >= 15 is 0 Å². The maximum atomic E-state index is 12.7. The van der Waals surface area contributed by atoms with E-state index in [0.717, 1.165) is 12.3 Å². The predicted octanol–water partition coefficient (Wildman–Crippen LogP) is 3.42. The molecule has 0 aromatic carbocycles. The third-order valence-corrected chi connectivity index (χ3v) is 3.01. The molecule has 0 fully saturated rings. The van der Waals surface area contributed by atoms with Gasteiger partial charge in [0.1, 0.15) is 0 Å². The van der Waals surface area contributed by atoms with Gasteiger partial charge in [0.25, 0.3) is 0 Å². The van der Waals surface area contributed by atoms with Gasteiger partial charge < -0.3 is 10.1 Å². The molecule has 0 radical (unpaired) electrons. The van der Waals surface area contributed by atoms with Crippen LogP contribution in [0, 0.1) is 0 Å². The molecule has 0 saturated heterocycles. The first kappa shape index (κ1) is 13.2. The lowest BCUT2D eigenvalue weighted by atomic mass is 10.2. The molecule has 1 unspecified atom stereocenters. The zero-order valence-corrected chi connectivity index (χ0v) is 10.3. The van der Waals surface area contributed by atoms with Gasteiger partial charge in [-0.2, -0.15) is 13.2 Å². The zero-order valence-electron chi connectivity index (χ0n) is 9.50. The lowest BCUT2D eigenvalue weighted by Gasteiger charge is -2.12. The molecular formula is C11H11ClF3N3. The standard InChI is InChI=1S/C11H11ClF3N3/c1-2-8(16)9-4-17-10-7(12)3-6(5-18(9)10)11(13,14)15/h3-5,8H,2,16H2,1H3. The minimum atomic E-state index is -4.45. The molecule has 0 bridgehead atoms. The Morgan fingerprint density at radius 3 is 2.72 bits per heavy atom. The van der Waals surface area contributed by atoms with Crippen LogP contribution in [0.3, 0.4) is 0 Å². The third kappa shape index (κ3) is 2.18. The second kappa shape index (κ2) is 4.44. The van der Waals surface area contributed by atoms with Crippen molar-refractivity contribution in [2.75, 3.05) is 0 Å². The number of alkyl halides is 3.